The summed E-state index contributed by atoms with van der Waals surface area (Å²) in [6.07, 6.45) is 3.15. The van der Waals surface area contributed by atoms with E-state index in [0.717, 1.165) is 26.1 Å². The second-order valence-electron chi connectivity index (χ2n) is 8.27. The van der Waals surface area contributed by atoms with Crippen molar-refractivity contribution in [1.82, 2.24) is 19.3 Å². The van der Waals surface area contributed by atoms with Crippen LogP contribution < -0.4 is 0 Å². The van der Waals surface area contributed by atoms with Crippen molar-refractivity contribution in [2.24, 2.45) is 12.2 Å². The third-order valence-corrected chi connectivity index (χ3v) is 6.27. The van der Waals surface area contributed by atoms with Crippen LogP contribution in [0.15, 0.2) is 41.7 Å². The largest absolute Gasteiger partial charge is 0.411 e. The first-order valence-corrected chi connectivity index (χ1v) is 10.9. The van der Waals surface area contributed by atoms with Gasteiger partial charge in [-0.2, -0.15) is 0 Å². The van der Waals surface area contributed by atoms with E-state index in [1.165, 1.54) is 24.3 Å². The van der Waals surface area contributed by atoms with Gasteiger partial charge in [-0.15, -0.1) is 0 Å². The van der Waals surface area contributed by atoms with Gasteiger partial charge in [0.25, 0.3) is 11.8 Å². The van der Waals surface area contributed by atoms with Crippen molar-refractivity contribution in [1.29, 1.82) is 0 Å². The summed E-state index contributed by atoms with van der Waals surface area (Å²) in [5, 5.41) is 12.7. The molecule has 3 heterocycles. The van der Waals surface area contributed by atoms with Crippen molar-refractivity contribution >= 4 is 17.5 Å². The van der Waals surface area contributed by atoms with Gasteiger partial charge in [0, 0.05) is 70.1 Å². The zero-order chi connectivity index (χ0) is 22.7. The van der Waals surface area contributed by atoms with Crippen LogP contribution in [0.3, 0.4) is 0 Å². The van der Waals surface area contributed by atoms with E-state index in [1.807, 2.05) is 24.2 Å². The highest BCUT2D eigenvalue weighted by Crippen LogP contribution is 2.20. The highest BCUT2D eigenvalue weighted by molar-refractivity contribution is 6.11. The molecule has 0 atom stereocenters. The van der Waals surface area contributed by atoms with E-state index in [1.54, 1.807) is 9.47 Å². The second-order valence-corrected chi connectivity index (χ2v) is 8.27. The highest BCUT2D eigenvalue weighted by Gasteiger charge is 2.29. The monoisotopic (exact) mass is 441 g/mol. The summed E-state index contributed by atoms with van der Waals surface area (Å²) in [4.78, 5) is 31.5. The van der Waals surface area contributed by atoms with E-state index >= 15 is 0 Å². The number of amides is 2. The lowest BCUT2D eigenvalue weighted by Crippen LogP contribution is -2.49. The Kier molecular flexibility index (Phi) is 6.55. The Morgan fingerprint density at radius 3 is 2.47 bits per heavy atom. The normalized spacial score (nSPS) is 18.7. The Labute approximate surface area is 186 Å². The molecule has 0 saturated carbocycles. The zero-order valence-corrected chi connectivity index (χ0v) is 18.2. The molecular weight excluding hydrogens is 413 g/mol. The Balaban J connectivity index is 1.27. The Bertz CT molecular complexity index is 1010. The van der Waals surface area contributed by atoms with Crippen molar-refractivity contribution < 1.29 is 19.2 Å². The third-order valence-electron chi connectivity index (χ3n) is 6.27. The number of rotatable bonds is 5. The highest BCUT2D eigenvalue weighted by atomic mass is 19.1. The minimum atomic E-state index is -0.350. The second kappa shape index (κ2) is 9.52. The molecule has 1 aromatic heterocycles. The molecule has 32 heavy (non-hydrogen) atoms. The summed E-state index contributed by atoms with van der Waals surface area (Å²) in [6.45, 7) is 4.77. The number of fused-ring (bicyclic) bond motifs is 1. The van der Waals surface area contributed by atoms with Crippen LogP contribution in [0.1, 0.15) is 39.3 Å². The molecule has 1 N–H and O–H groups in total. The van der Waals surface area contributed by atoms with Crippen LogP contribution in [0, 0.1) is 5.82 Å². The van der Waals surface area contributed by atoms with Gasteiger partial charge in [-0.05, 0) is 43.3 Å². The number of hydrogen-bond donors (Lipinski definition) is 1. The SMILES string of the molecule is Cn1ccc2c1C(=O)N(CCCN1CCN(C(=O)c3ccc(F)cc3)CC1)CCC2=NO. The van der Waals surface area contributed by atoms with Crippen LogP contribution >= 0.6 is 0 Å². The Morgan fingerprint density at radius 1 is 1.06 bits per heavy atom. The van der Waals surface area contributed by atoms with Gasteiger partial charge in [-0.25, -0.2) is 4.39 Å². The van der Waals surface area contributed by atoms with Gasteiger partial charge in [0.2, 0.25) is 0 Å². The van der Waals surface area contributed by atoms with Crippen LogP contribution in [-0.4, -0.2) is 87.8 Å². The number of carbonyl (C=O) groups is 2. The van der Waals surface area contributed by atoms with Crippen molar-refractivity contribution in [3.05, 3.63) is 59.2 Å². The molecule has 2 aromatic rings. The zero-order valence-electron chi connectivity index (χ0n) is 18.2. The number of carbonyl (C=O) groups excluding carboxylic acids is 2. The molecule has 2 amide bonds. The Hall–Kier alpha value is -3.20. The standard InChI is InChI=1S/C23H28FN5O3/c1-26-11-7-19-20(25-32)8-12-28(23(31)21(19)26)10-2-9-27-13-15-29(16-14-27)22(30)17-3-5-18(24)6-4-17/h3-7,11,32H,2,8-10,12-16H2,1H3. The van der Waals surface area contributed by atoms with Crippen molar-refractivity contribution in [2.45, 2.75) is 12.8 Å². The van der Waals surface area contributed by atoms with Gasteiger partial charge in [0.1, 0.15) is 11.5 Å². The molecule has 0 radical (unpaired) electrons. The van der Waals surface area contributed by atoms with E-state index in [2.05, 4.69) is 10.1 Å². The van der Waals surface area contributed by atoms with Gasteiger partial charge >= 0.3 is 0 Å². The fourth-order valence-corrected chi connectivity index (χ4v) is 4.41. The molecule has 2 aliphatic heterocycles. The van der Waals surface area contributed by atoms with E-state index in [-0.39, 0.29) is 17.6 Å². The maximum Gasteiger partial charge on any atom is 0.271 e. The fraction of sp³-hybridized carbons (Fsp3) is 0.435. The molecule has 0 unspecified atom stereocenters. The number of piperazine rings is 1. The fourth-order valence-electron chi connectivity index (χ4n) is 4.41. The summed E-state index contributed by atoms with van der Waals surface area (Å²) in [6, 6.07) is 7.47. The van der Waals surface area contributed by atoms with Crippen LogP contribution in [0.2, 0.25) is 0 Å². The van der Waals surface area contributed by atoms with E-state index < -0.39 is 0 Å². The average Bonchev–Trinajstić information content (AvgIpc) is 3.13. The van der Waals surface area contributed by atoms with Crippen molar-refractivity contribution in [3.63, 3.8) is 0 Å². The van der Waals surface area contributed by atoms with Gasteiger partial charge in [0.15, 0.2) is 0 Å². The number of aryl methyl sites for hydroxylation is 1. The minimum absolute atomic E-state index is 0.0409. The molecule has 170 valence electrons. The number of oxime groups is 1. The maximum absolute atomic E-state index is 13.1. The molecule has 1 saturated heterocycles. The van der Waals surface area contributed by atoms with Crippen LogP contribution in [0.25, 0.3) is 0 Å². The molecule has 0 aliphatic carbocycles. The number of hydrogen-bond acceptors (Lipinski definition) is 5. The molecular formula is C23H28FN5O3. The maximum atomic E-state index is 13.1. The van der Waals surface area contributed by atoms with Gasteiger partial charge < -0.3 is 19.6 Å². The number of halogens is 1. The molecule has 9 heteroatoms. The first-order chi connectivity index (χ1) is 15.5. The quantitative estimate of drug-likeness (QED) is 0.569. The Morgan fingerprint density at radius 2 is 1.78 bits per heavy atom. The van der Waals surface area contributed by atoms with Crippen molar-refractivity contribution in [2.75, 3.05) is 45.8 Å². The minimum Gasteiger partial charge on any atom is -0.411 e. The van der Waals surface area contributed by atoms with E-state index in [0.29, 0.717) is 55.1 Å². The summed E-state index contributed by atoms with van der Waals surface area (Å²) in [5.41, 5.74) is 2.30. The smallest absolute Gasteiger partial charge is 0.271 e. The predicted octanol–water partition coefficient (Wildman–Crippen LogP) is 2.04. The summed E-state index contributed by atoms with van der Waals surface area (Å²) >= 11 is 0. The number of nitrogens with zero attached hydrogens (tertiary/aromatic N) is 5. The average molecular weight is 442 g/mol. The number of aromatic nitrogens is 1. The number of benzene rings is 1. The van der Waals surface area contributed by atoms with E-state index in [9.17, 15) is 19.2 Å². The lowest BCUT2D eigenvalue weighted by Gasteiger charge is -2.35. The van der Waals surface area contributed by atoms with Crippen LogP contribution in [0.5, 0.6) is 0 Å². The van der Waals surface area contributed by atoms with Crippen LogP contribution in [-0.2, 0) is 7.05 Å². The molecule has 1 aromatic carbocycles. The van der Waals surface area contributed by atoms with Gasteiger partial charge in [0.05, 0.1) is 5.71 Å². The lowest BCUT2D eigenvalue weighted by atomic mass is 10.1. The van der Waals surface area contributed by atoms with Gasteiger partial charge in [-0.3, -0.25) is 14.5 Å². The molecule has 0 spiro atoms. The van der Waals surface area contributed by atoms with Crippen LogP contribution in [0.4, 0.5) is 4.39 Å². The predicted molar refractivity (Wildman–Crippen MR) is 118 cm³/mol. The molecule has 4 rings (SSSR count). The van der Waals surface area contributed by atoms with E-state index in [4.69, 9.17) is 0 Å². The topological polar surface area (TPSA) is 81.4 Å². The summed E-state index contributed by atoms with van der Waals surface area (Å²) in [7, 11) is 1.82. The van der Waals surface area contributed by atoms with Gasteiger partial charge in [-0.1, -0.05) is 5.16 Å². The molecule has 8 nitrogen and oxygen atoms in total. The van der Waals surface area contributed by atoms with Crippen molar-refractivity contribution in [3.8, 4) is 0 Å². The molecule has 0 bridgehead atoms. The summed E-state index contributed by atoms with van der Waals surface area (Å²) < 4.78 is 14.9. The molecule has 1 fully saturated rings. The summed E-state index contributed by atoms with van der Waals surface area (Å²) in [5.74, 6) is -0.460. The first kappa shape index (κ1) is 22.0. The first-order valence-electron chi connectivity index (χ1n) is 10.9. The third kappa shape index (κ3) is 4.52. The molecule has 2 aliphatic rings. The lowest BCUT2D eigenvalue weighted by molar-refractivity contribution is 0.0620.